The molecule has 0 bridgehead atoms. The van der Waals surface area contributed by atoms with Crippen molar-refractivity contribution in [3.8, 4) is 0 Å². The molecule has 1 aromatic heterocycles. The van der Waals surface area contributed by atoms with Crippen LogP contribution in [-0.2, 0) is 20.9 Å². The molecule has 24 heavy (non-hydrogen) atoms. The van der Waals surface area contributed by atoms with Crippen LogP contribution in [0.4, 0.5) is 0 Å². The zero-order valence-corrected chi connectivity index (χ0v) is 14.5. The molecule has 3 rings (SSSR count). The summed E-state index contributed by atoms with van der Waals surface area (Å²) >= 11 is 7.55. The predicted molar refractivity (Wildman–Crippen MR) is 91.5 cm³/mol. The molecule has 0 saturated carbocycles. The first-order valence-corrected chi connectivity index (χ1v) is 8.84. The highest BCUT2D eigenvalue weighted by molar-refractivity contribution is 7.99. The molecule has 126 valence electrons. The summed E-state index contributed by atoms with van der Waals surface area (Å²) in [5.74, 6) is 0.483. The van der Waals surface area contributed by atoms with Crippen molar-refractivity contribution >= 4 is 35.2 Å². The van der Waals surface area contributed by atoms with Crippen molar-refractivity contribution < 1.29 is 18.7 Å². The summed E-state index contributed by atoms with van der Waals surface area (Å²) in [5, 5.41) is 0.235. The van der Waals surface area contributed by atoms with Gasteiger partial charge in [-0.05, 0) is 18.2 Å². The topological polar surface area (TPSA) is 59.8 Å². The van der Waals surface area contributed by atoms with Gasteiger partial charge >= 0.3 is 5.97 Å². The number of rotatable bonds is 4. The molecule has 2 heterocycles. The number of halogens is 1. The minimum atomic E-state index is -0.634. The third-order valence-electron chi connectivity index (χ3n) is 3.75. The van der Waals surface area contributed by atoms with Gasteiger partial charge in [-0.25, -0.2) is 4.79 Å². The van der Waals surface area contributed by atoms with Crippen LogP contribution in [0.3, 0.4) is 0 Å². The van der Waals surface area contributed by atoms with E-state index in [9.17, 15) is 9.59 Å². The van der Waals surface area contributed by atoms with Gasteiger partial charge < -0.3 is 14.1 Å². The molecule has 7 heteroatoms. The molecular weight excluding hydrogens is 350 g/mol. The van der Waals surface area contributed by atoms with Crippen LogP contribution in [0.15, 0.2) is 47.1 Å². The lowest BCUT2D eigenvalue weighted by molar-refractivity contribution is -0.154. The minimum Gasteiger partial charge on any atom is -0.466 e. The monoisotopic (exact) mass is 365 g/mol. The maximum Gasteiger partial charge on any atom is 0.330 e. The minimum absolute atomic E-state index is 0.0802. The van der Waals surface area contributed by atoms with Gasteiger partial charge in [0.25, 0.3) is 0 Å². The number of esters is 1. The Kier molecular flexibility index (Phi) is 5.16. The summed E-state index contributed by atoms with van der Waals surface area (Å²) in [4.78, 5) is 26.0. The number of furan rings is 1. The van der Waals surface area contributed by atoms with Crippen LogP contribution in [0.2, 0.25) is 5.02 Å². The molecule has 2 atom stereocenters. The second kappa shape index (κ2) is 7.32. The average Bonchev–Trinajstić information content (AvgIpc) is 3.22. The Bertz CT molecular complexity index is 734. The molecule has 0 unspecified atom stereocenters. The number of carbonyl (C=O) groups is 2. The van der Waals surface area contributed by atoms with E-state index in [-0.39, 0.29) is 17.9 Å². The normalized spacial score (nSPS) is 20.2. The fourth-order valence-electron chi connectivity index (χ4n) is 2.58. The molecule has 1 fully saturated rings. The quantitative estimate of drug-likeness (QED) is 0.774. The highest BCUT2D eigenvalue weighted by Gasteiger charge is 2.43. The Morgan fingerprint density at radius 1 is 1.33 bits per heavy atom. The Morgan fingerprint density at radius 2 is 2.12 bits per heavy atom. The third kappa shape index (κ3) is 3.44. The number of hydrogen-bond donors (Lipinski definition) is 0. The molecule has 1 amide bonds. The van der Waals surface area contributed by atoms with E-state index in [0.717, 1.165) is 5.56 Å². The third-order valence-corrected chi connectivity index (χ3v) is 5.40. The van der Waals surface area contributed by atoms with E-state index in [4.69, 9.17) is 20.8 Å². The Hall–Kier alpha value is -1.92. The van der Waals surface area contributed by atoms with Crippen LogP contribution in [0.1, 0.15) is 23.6 Å². The van der Waals surface area contributed by atoms with Crippen molar-refractivity contribution in [2.75, 3.05) is 5.75 Å². The van der Waals surface area contributed by atoms with Gasteiger partial charge in [-0.2, -0.15) is 0 Å². The summed E-state index contributed by atoms with van der Waals surface area (Å²) < 4.78 is 10.8. The lowest BCUT2D eigenvalue weighted by atomic mass is 10.2. The first kappa shape index (κ1) is 16.9. The maximum absolute atomic E-state index is 12.5. The Balaban J connectivity index is 1.70. The van der Waals surface area contributed by atoms with E-state index in [0.29, 0.717) is 16.5 Å². The number of ether oxygens (including phenoxy) is 1. The number of thioether (sulfide) groups is 1. The van der Waals surface area contributed by atoms with Crippen LogP contribution >= 0.6 is 23.4 Å². The fourth-order valence-corrected chi connectivity index (χ4v) is 4.19. The van der Waals surface area contributed by atoms with Crippen LogP contribution in [0.5, 0.6) is 0 Å². The number of amides is 1. The zero-order valence-electron chi connectivity index (χ0n) is 13.0. The average molecular weight is 366 g/mol. The SMILES string of the molecule is CC(=O)N1[C@@H](c2ccco2)SC[C@H]1C(=O)OCc1ccccc1Cl. The summed E-state index contributed by atoms with van der Waals surface area (Å²) in [6.45, 7) is 1.52. The van der Waals surface area contributed by atoms with Crippen molar-refractivity contribution in [3.05, 3.63) is 59.0 Å². The largest absolute Gasteiger partial charge is 0.466 e. The van der Waals surface area contributed by atoms with Crippen molar-refractivity contribution in [1.82, 2.24) is 4.90 Å². The molecule has 1 aliphatic heterocycles. The summed E-state index contributed by atoms with van der Waals surface area (Å²) in [6, 6.07) is 10.1. The maximum atomic E-state index is 12.5. The van der Waals surface area contributed by atoms with Gasteiger partial charge in [0.05, 0.1) is 6.26 Å². The lowest BCUT2D eigenvalue weighted by Gasteiger charge is -2.25. The van der Waals surface area contributed by atoms with Gasteiger partial charge in [-0.15, -0.1) is 11.8 Å². The summed E-state index contributed by atoms with van der Waals surface area (Å²) in [7, 11) is 0. The van der Waals surface area contributed by atoms with Gasteiger partial charge in [0.15, 0.2) is 0 Å². The van der Waals surface area contributed by atoms with Crippen molar-refractivity contribution in [1.29, 1.82) is 0 Å². The highest BCUT2D eigenvalue weighted by Crippen LogP contribution is 2.41. The molecule has 0 N–H and O–H groups in total. The molecule has 0 aliphatic carbocycles. The van der Waals surface area contributed by atoms with E-state index in [2.05, 4.69) is 0 Å². The summed E-state index contributed by atoms with van der Waals surface area (Å²) in [6.07, 6.45) is 1.55. The lowest BCUT2D eigenvalue weighted by Crippen LogP contribution is -2.42. The zero-order chi connectivity index (χ0) is 17.1. The van der Waals surface area contributed by atoms with Gasteiger partial charge in [0.2, 0.25) is 5.91 Å². The predicted octanol–water partition coefficient (Wildman–Crippen LogP) is 3.64. The Morgan fingerprint density at radius 3 is 2.79 bits per heavy atom. The van der Waals surface area contributed by atoms with Gasteiger partial charge in [0, 0.05) is 23.3 Å². The van der Waals surface area contributed by atoms with Crippen LogP contribution in [0.25, 0.3) is 0 Å². The molecule has 1 aromatic carbocycles. The van der Waals surface area contributed by atoms with E-state index in [1.807, 2.05) is 12.1 Å². The fraction of sp³-hybridized carbons (Fsp3) is 0.294. The van der Waals surface area contributed by atoms with Crippen LogP contribution < -0.4 is 0 Å². The molecule has 0 spiro atoms. The highest BCUT2D eigenvalue weighted by atomic mass is 35.5. The Labute approximate surface area is 148 Å². The number of hydrogen-bond acceptors (Lipinski definition) is 5. The van der Waals surface area contributed by atoms with Gasteiger partial charge in [-0.1, -0.05) is 29.8 Å². The first-order valence-electron chi connectivity index (χ1n) is 7.42. The second-order valence-electron chi connectivity index (χ2n) is 5.34. The molecule has 2 aromatic rings. The van der Waals surface area contributed by atoms with Crippen molar-refractivity contribution in [2.24, 2.45) is 0 Å². The first-order chi connectivity index (χ1) is 11.6. The van der Waals surface area contributed by atoms with Gasteiger partial charge in [-0.3, -0.25) is 4.79 Å². The summed E-state index contributed by atoms with van der Waals surface area (Å²) in [5.41, 5.74) is 0.732. The molecular formula is C17H16ClNO4S. The van der Waals surface area contributed by atoms with E-state index < -0.39 is 12.0 Å². The van der Waals surface area contributed by atoms with Gasteiger partial charge in [0.1, 0.15) is 23.8 Å². The number of carbonyl (C=O) groups excluding carboxylic acids is 2. The van der Waals surface area contributed by atoms with E-state index in [1.165, 1.54) is 23.6 Å². The molecule has 1 saturated heterocycles. The van der Waals surface area contributed by atoms with Crippen LogP contribution in [-0.4, -0.2) is 28.6 Å². The van der Waals surface area contributed by atoms with Crippen LogP contribution in [0, 0.1) is 0 Å². The van der Waals surface area contributed by atoms with Crippen molar-refractivity contribution in [3.63, 3.8) is 0 Å². The standard InChI is InChI=1S/C17H16ClNO4S/c1-11(20)19-14(10-24-16(19)15-7-4-8-22-15)17(21)23-9-12-5-2-3-6-13(12)18/h2-8,14,16H,9-10H2,1H3/t14-,16+/m0/s1. The van der Waals surface area contributed by atoms with E-state index in [1.54, 1.807) is 30.5 Å². The number of benzene rings is 1. The van der Waals surface area contributed by atoms with Crippen molar-refractivity contribution in [2.45, 2.75) is 24.9 Å². The molecule has 0 radical (unpaired) electrons. The molecule has 5 nitrogen and oxygen atoms in total. The molecule has 1 aliphatic rings. The second-order valence-corrected chi connectivity index (χ2v) is 6.86. The smallest absolute Gasteiger partial charge is 0.330 e. The van der Waals surface area contributed by atoms with E-state index >= 15 is 0 Å². The number of nitrogens with zero attached hydrogens (tertiary/aromatic N) is 1.